The van der Waals surface area contributed by atoms with Gasteiger partial charge < -0.3 is 39.8 Å². The molecule has 9 heteroatoms. The van der Waals surface area contributed by atoms with Crippen molar-refractivity contribution in [2.75, 3.05) is 0 Å². The highest BCUT2D eigenvalue weighted by molar-refractivity contribution is 5.92. The Morgan fingerprint density at radius 1 is 1.09 bits per heavy atom. The summed E-state index contributed by atoms with van der Waals surface area (Å²) in [5.74, 6) is -3.35. The first-order chi connectivity index (χ1) is 10.3. The standard InChI is InChI=1S/C13H14O9/c14-6-4-2-1-3-5(6)12(20)22-13-9(17)7(15)8(16)10(21-13)11(18)19/h1-4,7-10,13-17H,(H,18,19)/p-1/t7-,8-,9+,10-,13-/m0/s1. The molecule has 5 atom stereocenters. The van der Waals surface area contributed by atoms with Gasteiger partial charge in [-0.1, -0.05) is 12.1 Å². The fourth-order valence-corrected chi connectivity index (χ4v) is 1.96. The number of ether oxygens (including phenoxy) is 2. The summed E-state index contributed by atoms with van der Waals surface area (Å²) in [6.45, 7) is 0. The van der Waals surface area contributed by atoms with E-state index in [4.69, 9.17) is 9.47 Å². The SMILES string of the molecule is O=C(O[C@@H]1O[C@H](C(=O)[O-])[C@@H](O)[C@H](O)[C@H]1O)c1ccccc1O. The highest BCUT2D eigenvalue weighted by Gasteiger charge is 2.46. The molecule has 1 saturated heterocycles. The molecule has 0 bridgehead atoms. The number of rotatable bonds is 3. The molecule has 0 radical (unpaired) electrons. The van der Waals surface area contributed by atoms with Gasteiger partial charge in [0.05, 0.1) is 5.97 Å². The van der Waals surface area contributed by atoms with Crippen molar-refractivity contribution in [2.45, 2.75) is 30.7 Å². The summed E-state index contributed by atoms with van der Waals surface area (Å²) >= 11 is 0. The quantitative estimate of drug-likeness (QED) is 0.430. The first-order valence-corrected chi connectivity index (χ1v) is 6.22. The molecule has 1 aliphatic rings. The van der Waals surface area contributed by atoms with Crippen molar-refractivity contribution in [1.82, 2.24) is 0 Å². The van der Waals surface area contributed by atoms with E-state index in [1.54, 1.807) is 0 Å². The van der Waals surface area contributed by atoms with E-state index in [0.29, 0.717) is 0 Å². The number of carboxylic acid groups (broad SMARTS) is 1. The van der Waals surface area contributed by atoms with E-state index in [-0.39, 0.29) is 5.56 Å². The fraction of sp³-hybridized carbons (Fsp3) is 0.385. The van der Waals surface area contributed by atoms with Crippen LogP contribution in [0.4, 0.5) is 0 Å². The van der Waals surface area contributed by atoms with Gasteiger partial charge in [0.1, 0.15) is 35.7 Å². The van der Waals surface area contributed by atoms with Crippen LogP contribution in [0.5, 0.6) is 5.75 Å². The second-order valence-corrected chi connectivity index (χ2v) is 4.64. The number of hydrogen-bond acceptors (Lipinski definition) is 9. The Bertz CT molecular complexity index is 572. The maximum absolute atomic E-state index is 11.9. The minimum atomic E-state index is -1.99. The molecule has 1 aliphatic heterocycles. The Balaban J connectivity index is 2.16. The summed E-state index contributed by atoms with van der Waals surface area (Å²) in [6.07, 6.45) is -9.58. The highest BCUT2D eigenvalue weighted by atomic mass is 16.7. The lowest BCUT2D eigenvalue weighted by atomic mass is 9.99. The van der Waals surface area contributed by atoms with Gasteiger partial charge in [0.2, 0.25) is 6.29 Å². The predicted molar refractivity (Wildman–Crippen MR) is 65.2 cm³/mol. The van der Waals surface area contributed by atoms with Gasteiger partial charge in [0.25, 0.3) is 0 Å². The molecule has 1 heterocycles. The molecule has 0 spiro atoms. The monoisotopic (exact) mass is 313 g/mol. The minimum Gasteiger partial charge on any atom is -0.547 e. The van der Waals surface area contributed by atoms with E-state index in [0.717, 1.165) is 0 Å². The third-order valence-corrected chi connectivity index (χ3v) is 3.15. The summed E-state index contributed by atoms with van der Waals surface area (Å²) < 4.78 is 9.46. The van der Waals surface area contributed by atoms with Gasteiger partial charge >= 0.3 is 5.97 Å². The van der Waals surface area contributed by atoms with Crippen molar-refractivity contribution >= 4 is 11.9 Å². The summed E-state index contributed by atoms with van der Waals surface area (Å²) in [6, 6.07) is 5.35. The Kier molecular flexibility index (Phi) is 4.62. The molecular formula is C13H13O9-. The molecule has 0 aromatic heterocycles. The smallest absolute Gasteiger partial charge is 0.344 e. The number of benzene rings is 1. The zero-order chi connectivity index (χ0) is 16.4. The van der Waals surface area contributed by atoms with Crippen molar-refractivity contribution in [2.24, 2.45) is 0 Å². The van der Waals surface area contributed by atoms with Gasteiger partial charge in [-0.25, -0.2) is 4.79 Å². The van der Waals surface area contributed by atoms with E-state index in [1.807, 2.05) is 0 Å². The average Bonchev–Trinajstić information content (AvgIpc) is 2.47. The Morgan fingerprint density at radius 2 is 1.73 bits per heavy atom. The van der Waals surface area contributed by atoms with Gasteiger partial charge in [-0.15, -0.1) is 0 Å². The van der Waals surface area contributed by atoms with Crippen molar-refractivity contribution in [3.63, 3.8) is 0 Å². The molecule has 22 heavy (non-hydrogen) atoms. The summed E-state index contributed by atoms with van der Waals surface area (Å²) in [7, 11) is 0. The first kappa shape index (κ1) is 16.2. The number of para-hydroxylation sites is 1. The van der Waals surface area contributed by atoms with Crippen LogP contribution < -0.4 is 5.11 Å². The Hall–Kier alpha value is -2.20. The molecular weight excluding hydrogens is 300 g/mol. The highest BCUT2D eigenvalue weighted by Crippen LogP contribution is 2.24. The molecule has 2 rings (SSSR count). The van der Waals surface area contributed by atoms with Crippen molar-refractivity contribution in [1.29, 1.82) is 0 Å². The number of aliphatic hydroxyl groups is 3. The lowest BCUT2D eigenvalue weighted by molar-refractivity contribution is -0.344. The summed E-state index contributed by atoms with van der Waals surface area (Å²) in [4.78, 5) is 22.7. The van der Waals surface area contributed by atoms with Crippen LogP contribution in [0.3, 0.4) is 0 Å². The second kappa shape index (κ2) is 6.28. The molecule has 120 valence electrons. The van der Waals surface area contributed by atoms with Gasteiger partial charge in [-0.05, 0) is 12.1 Å². The molecule has 4 N–H and O–H groups in total. The number of aliphatic hydroxyl groups excluding tert-OH is 3. The molecule has 0 saturated carbocycles. The zero-order valence-corrected chi connectivity index (χ0v) is 11.0. The van der Waals surface area contributed by atoms with Crippen LogP contribution in [0.2, 0.25) is 0 Å². The van der Waals surface area contributed by atoms with E-state index < -0.39 is 48.4 Å². The van der Waals surface area contributed by atoms with Crippen LogP contribution in [0.15, 0.2) is 24.3 Å². The summed E-state index contributed by atoms with van der Waals surface area (Å²) in [5, 5.41) is 49.0. The molecule has 9 nitrogen and oxygen atoms in total. The molecule has 1 aromatic rings. The van der Waals surface area contributed by atoms with Gasteiger partial charge in [-0.2, -0.15) is 0 Å². The first-order valence-electron chi connectivity index (χ1n) is 6.22. The summed E-state index contributed by atoms with van der Waals surface area (Å²) in [5.41, 5.74) is -0.246. The lowest BCUT2D eigenvalue weighted by Crippen LogP contribution is -2.62. The lowest BCUT2D eigenvalue weighted by Gasteiger charge is -2.40. The van der Waals surface area contributed by atoms with Gasteiger partial charge in [-0.3, -0.25) is 0 Å². The molecule has 0 amide bonds. The predicted octanol–water partition coefficient (Wildman–Crippen LogP) is -2.89. The second-order valence-electron chi connectivity index (χ2n) is 4.64. The molecule has 1 aromatic carbocycles. The van der Waals surface area contributed by atoms with Crippen molar-refractivity contribution in [3.05, 3.63) is 29.8 Å². The maximum Gasteiger partial charge on any atom is 0.344 e. The van der Waals surface area contributed by atoms with E-state index in [9.17, 15) is 35.1 Å². The Morgan fingerprint density at radius 3 is 2.32 bits per heavy atom. The third-order valence-electron chi connectivity index (χ3n) is 3.15. The maximum atomic E-state index is 11.9. The topological polar surface area (TPSA) is 157 Å². The van der Waals surface area contributed by atoms with E-state index in [2.05, 4.69) is 0 Å². The molecule has 0 aliphatic carbocycles. The number of carbonyl (C=O) groups is 2. The fourth-order valence-electron chi connectivity index (χ4n) is 1.96. The van der Waals surface area contributed by atoms with Crippen LogP contribution in [-0.4, -0.2) is 63.1 Å². The van der Waals surface area contributed by atoms with Crippen LogP contribution in [-0.2, 0) is 14.3 Å². The van der Waals surface area contributed by atoms with Crippen molar-refractivity contribution in [3.8, 4) is 5.75 Å². The van der Waals surface area contributed by atoms with Crippen molar-refractivity contribution < 1.29 is 44.6 Å². The van der Waals surface area contributed by atoms with Crippen LogP contribution >= 0.6 is 0 Å². The third kappa shape index (κ3) is 3.02. The van der Waals surface area contributed by atoms with Gasteiger partial charge in [0.15, 0.2) is 0 Å². The number of hydrogen-bond donors (Lipinski definition) is 4. The number of carbonyl (C=O) groups excluding carboxylic acids is 2. The normalized spacial score (nSPS) is 31.5. The zero-order valence-electron chi connectivity index (χ0n) is 11.0. The average molecular weight is 313 g/mol. The van der Waals surface area contributed by atoms with Crippen LogP contribution in [0.25, 0.3) is 0 Å². The molecule has 0 unspecified atom stereocenters. The van der Waals surface area contributed by atoms with Gasteiger partial charge in [0, 0.05) is 0 Å². The van der Waals surface area contributed by atoms with Crippen LogP contribution in [0.1, 0.15) is 10.4 Å². The van der Waals surface area contributed by atoms with E-state index >= 15 is 0 Å². The Labute approximate surface area is 124 Å². The number of esters is 1. The van der Waals surface area contributed by atoms with E-state index in [1.165, 1.54) is 24.3 Å². The minimum absolute atomic E-state index is 0.246. The number of phenolic OH excluding ortho intramolecular Hbond substituents is 1. The number of phenols is 1. The largest absolute Gasteiger partial charge is 0.547 e. The number of carboxylic acids is 1. The number of aromatic hydroxyl groups is 1. The van der Waals surface area contributed by atoms with Crippen LogP contribution in [0, 0.1) is 0 Å². The number of aliphatic carboxylic acids is 1. The molecule has 1 fully saturated rings.